The summed E-state index contributed by atoms with van der Waals surface area (Å²) < 4.78 is 1.64. The van der Waals surface area contributed by atoms with E-state index < -0.39 is 6.04 Å². The third kappa shape index (κ3) is 9.45. The molecule has 52 heavy (non-hydrogen) atoms. The fourth-order valence-corrected chi connectivity index (χ4v) is 6.64. The number of nitrogens with one attached hydrogen (secondary N) is 2. The highest BCUT2D eigenvalue weighted by Gasteiger charge is 2.32. The van der Waals surface area contributed by atoms with Gasteiger partial charge in [0.05, 0.1) is 36.7 Å². The molecule has 0 bridgehead atoms. The van der Waals surface area contributed by atoms with Crippen LogP contribution in [0, 0.1) is 6.92 Å². The quantitative estimate of drug-likeness (QED) is 0.104. The Hall–Kier alpha value is -5.00. The lowest BCUT2D eigenvalue weighted by atomic mass is 9.93. The summed E-state index contributed by atoms with van der Waals surface area (Å²) in [6.45, 7) is 7.55. The molecular weight excluding hydrogens is 656 g/mol. The van der Waals surface area contributed by atoms with E-state index in [9.17, 15) is 19.5 Å². The summed E-state index contributed by atoms with van der Waals surface area (Å²) in [6.07, 6.45) is 5.99. The summed E-state index contributed by atoms with van der Waals surface area (Å²) in [5.74, 6) is -0.580. The smallest absolute Gasteiger partial charge is 0.274 e. The second-order valence-corrected chi connectivity index (χ2v) is 13.5. The average Bonchev–Trinajstić information content (AvgIpc) is 3.55. The Kier molecular flexibility index (Phi) is 13.6. The van der Waals surface area contributed by atoms with Gasteiger partial charge in [0.1, 0.15) is 0 Å². The molecule has 0 radical (unpaired) electrons. The first kappa shape index (κ1) is 38.2. The molecular formula is C41H52N6O5. The van der Waals surface area contributed by atoms with E-state index in [1.165, 1.54) is 0 Å². The minimum absolute atomic E-state index is 0.129. The number of carbonyl (C=O) groups excluding carboxylic acids is 3. The molecule has 0 saturated heterocycles. The second-order valence-electron chi connectivity index (χ2n) is 13.5. The highest BCUT2D eigenvalue weighted by molar-refractivity contribution is 6.01. The lowest BCUT2D eigenvalue weighted by Crippen LogP contribution is -2.46. The average molecular weight is 709 g/mol. The van der Waals surface area contributed by atoms with Crippen molar-refractivity contribution in [3.05, 3.63) is 106 Å². The number of amides is 3. The van der Waals surface area contributed by atoms with Crippen LogP contribution in [0.3, 0.4) is 0 Å². The Morgan fingerprint density at radius 1 is 0.923 bits per heavy atom. The number of nitrogens with zero attached hydrogens (tertiary/aromatic N) is 4. The zero-order valence-electron chi connectivity index (χ0n) is 30.9. The Balaban J connectivity index is 1.42. The van der Waals surface area contributed by atoms with E-state index in [2.05, 4.69) is 24.6 Å². The van der Waals surface area contributed by atoms with E-state index in [1.54, 1.807) is 41.0 Å². The predicted molar refractivity (Wildman–Crippen MR) is 204 cm³/mol. The molecule has 2 heterocycles. The number of aliphatic hydroxyl groups excluding tert-OH is 1. The normalized spacial score (nSPS) is 13.8. The minimum Gasteiger partial charge on any atom is -0.394 e. The number of hydrogen-bond acceptors (Lipinski definition) is 7. The summed E-state index contributed by atoms with van der Waals surface area (Å²) in [7, 11) is 1.56. The van der Waals surface area contributed by atoms with Crippen molar-refractivity contribution >= 4 is 29.1 Å². The van der Waals surface area contributed by atoms with Gasteiger partial charge in [0.25, 0.3) is 11.8 Å². The molecule has 1 aliphatic rings. The summed E-state index contributed by atoms with van der Waals surface area (Å²) >= 11 is 0. The fourth-order valence-electron chi connectivity index (χ4n) is 6.64. The number of aromatic nitrogens is 2. The molecule has 0 unspecified atom stereocenters. The van der Waals surface area contributed by atoms with Gasteiger partial charge in [-0.15, -0.1) is 0 Å². The maximum atomic E-state index is 14.6. The zero-order chi connectivity index (χ0) is 37.0. The van der Waals surface area contributed by atoms with Gasteiger partial charge in [-0.05, 0) is 92.1 Å². The van der Waals surface area contributed by atoms with Crippen LogP contribution < -0.4 is 10.8 Å². The first-order valence-corrected chi connectivity index (χ1v) is 18.4. The summed E-state index contributed by atoms with van der Waals surface area (Å²) in [6, 6.07) is 22.4. The number of aliphatic hydroxyl groups is 1. The Morgan fingerprint density at radius 2 is 1.62 bits per heavy atom. The Labute approximate surface area is 306 Å². The number of rotatable bonds is 17. The van der Waals surface area contributed by atoms with Crippen LogP contribution in [-0.4, -0.2) is 75.3 Å². The van der Waals surface area contributed by atoms with Gasteiger partial charge < -0.3 is 20.2 Å². The summed E-state index contributed by atoms with van der Waals surface area (Å²) in [5.41, 5.74) is 9.22. The van der Waals surface area contributed by atoms with Crippen molar-refractivity contribution in [1.82, 2.24) is 19.6 Å². The van der Waals surface area contributed by atoms with Crippen LogP contribution in [0.15, 0.2) is 72.8 Å². The molecule has 0 aliphatic carbocycles. The molecule has 0 saturated carbocycles. The third-order valence-electron chi connectivity index (χ3n) is 9.57. The number of benzene rings is 3. The van der Waals surface area contributed by atoms with Gasteiger partial charge in [0.15, 0.2) is 5.69 Å². The third-order valence-corrected chi connectivity index (χ3v) is 9.57. The summed E-state index contributed by atoms with van der Waals surface area (Å²) in [4.78, 5) is 49.9. The zero-order valence-corrected chi connectivity index (χ0v) is 30.9. The van der Waals surface area contributed by atoms with E-state index in [0.717, 1.165) is 54.5 Å². The van der Waals surface area contributed by atoms with Gasteiger partial charge in [-0.25, -0.2) is 4.68 Å². The number of anilines is 2. The topological polar surface area (TPSA) is 129 Å². The van der Waals surface area contributed by atoms with E-state index in [1.807, 2.05) is 60.4 Å². The predicted octanol–water partition coefficient (Wildman–Crippen LogP) is 6.72. The molecule has 4 aromatic rings. The van der Waals surface area contributed by atoms with Crippen molar-refractivity contribution in [3.8, 4) is 5.69 Å². The van der Waals surface area contributed by atoms with Crippen LogP contribution in [0.25, 0.3) is 5.69 Å². The van der Waals surface area contributed by atoms with Crippen LogP contribution in [0.1, 0.15) is 95.6 Å². The molecule has 0 spiro atoms. The van der Waals surface area contributed by atoms with Gasteiger partial charge in [0, 0.05) is 37.4 Å². The number of hydrogen-bond donors (Lipinski definition) is 3. The number of carbonyl (C=O) groups is 3. The standard InChI is InChI=1S/C41H52N6O5/c1-5-7-22-45(23-8-6-2)41(51)37-24-29(3)47(43-37)38-21-20-34(42-39(49)15-11-12-30-16-18-33(19-17-30)44-52-4)26-36(38)40(50)46-27-32-14-10-9-13-31(32)25-35(46)28-48/h9-10,13-14,16-21,24,26,35,44,48H,5-8,11-12,15,22-23,25,27-28H2,1-4H3,(H,42,49)/t35-/m0/s1. The lowest BCUT2D eigenvalue weighted by Gasteiger charge is -2.36. The van der Waals surface area contributed by atoms with Crippen LogP contribution in [0.4, 0.5) is 11.4 Å². The highest BCUT2D eigenvalue weighted by Crippen LogP contribution is 2.29. The fraction of sp³-hybridized carbons (Fsp3) is 0.415. The monoisotopic (exact) mass is 708 g/mol. The lowest BCUT2D eigenvalue weighted by molar-refractivity contribution is -0.116. The molecule has 11 heteroatoms. The molecule has 0 fully saturated rings. The largest absolute Gasteiger partial charge is 0.394 e. The molecule has 1 atom stereocenters. The van der Waals surface area contributed by atoms with E-state index in [4.69, 9.17) is 9.94 Å². The van der Waals surface area contributed by atoms with Crippen molar-refractivity contribution in [2.75, 3.05) is 37.6 Å². The highest BCUT2D eigenvalue weighted by atomic mass is 16.6. The molecule has 3 aromatic carbocycles. The van der Waals surface area contributed by atoms with Gasteiger partial charge in [-0.1, -0.05) is 63.1 Å². The van der Waals surface area contributed by atoms with Crippen LogP contribution in [-0.2, 0) is 29.0 Å². The number of unbranched alkanes of at least 4 members (excludes halogenated alkanes) is 2. The molecule has 11 nitrogen and oxygen atoms in total. The van der Waals surface area contributed by atoms with Crippen LogP contribution in [0.5, 0.6) is 0 Å². The molecule has 1 aromatic heterocycles. The number of aryl methyl sites for hydroxylation is 2. The van der Waals surface area contributed by atoms with Gasteiger partial charge >= 0.3 is 0 Å². The maximum Gasteiger partial charge on any atom is 0.274 e. The van der Waals surface area contributed by atoms with Gasteiger partial charge in [0.2, 0.25) is 5.91 Å². The maximum absolute atomic E-state index is 14.6. The molecule has 5 rings (SSSR count). The molecule has 1 aliphatic heterocycles. The van der Waals surface area contributed by atoms with Crippen molar-refractivity contribution in [2.45, 2.75) is 84.7 Å². The second kappa shape index (κ2) is 18.5. The first-order valence-electron chi connectivity index (χ1n) is 18.4. The van der Waals surface area contributed by atoms with E-state index >= 15 is 0 Å². The van der Waals surface area contributed by atoms with Crippen molar-refractivity contribution < 1.29 is 24.3 Å². The molecule has 3 N–H and O–H groups in total. The van der Waals surface area contributed by atoms with Gasteiger partial charge in [-0.3, -0.25) is 24.7 Å². The van der Waals surface area contributed by atoms with E-state index in [0.29, 0.717) is 67.2 Å². The summed E-state index contributed by atoms with van der Waals surface area (Å²) in [5, 5.41) is 18.2. The van der Waals surface area contributed by atoms with Gasteiger partial charge in [-0.2, -0.15) is 5.10 Å². The van der Waals surface area contributed by atoms with Crippen molar-refractivity contribution in [2.24, 2.45) is 0 Å². The number of fused-ring (bicyclic) bond motifs is 1. The van der Waals surface area contributed by atoms with Crippen molar-refractivity contribution in [1.29, 1.82) is 0 Å². The molecule has 3 amide bonds. The Morgan fingerprint density at radius 3 is 2.29 bits per heavy atom. The molecule has 276 valence electrons. The van der Waals surface area contributed by atoms with Crippen LogP contribution in [0.2, 0.25) is 0 Å². The van der Waals surface area contributed by atoms with Crippen LogP contribution >= 0.6 is 0 Å². The Bertz CT molecular complexity index is 1810. The van der Waals surface area contributed by atoms with E-state index in [-0.39, 0.29) is 24.3 Å². The van der Waals surface area contributed by atoms with Crippen molar-refractivity contribution in [3.63, 3.8) is 0 Å². The minimum atomic E-state index is -0.422. The first-order chi connectivity index (χ1) is 25.3. The SMILES string of the molecule is CCCCN(CCCC)C(=O)c1cc(C)n(-c2ccc(NC(=O)CCCc3ccc(NOC)cc3)cc2C(=O)N2Cc3ccccc3C[C@H]2CO)n1.